The summed E-state index contributed by atoms with van der Waals surface area (Å²) in [4.78, 5) is 0. The Bertz CT molecular complexity index is 145. The minimum Gasteiger partial charge on any atom is -0.356 e. The van der Waals surface area contributed by atoms with Gasteiger partial charge in [0.25, 0.3) is 0 Å². The lowest BCUT2D eigenvalue weighted by molar-refractivity contribution is 0.204. The van der Waals surface area contributed by atoms with Crippen molar-refractivity contribution in [3.8, 4) is 21.7 Å². The highest BCUT2D eigenvalue weighted by atomic mass is 127. The SMILES string of the molecule is CC#CCOCC#CI. The maximum absolute atomic E-state index is 4.96. The van der Waals surface area contributed by atoms with Crippen molar-refractivity contribution in [1.29, 1.82) is 0 Å². The molecular formula is C7H7IO. The molecular weight excluding hydrogens is 227 g/mol. The van der Waals surface area contributed by atoms with E-state index in [1.807, 2.05) is 22.6 Å². The second-order valence-corrected chi connectivity index (χ2v) is 1.73. The molecule has 0 aliphatic carbocycles. The highest BCUT2D eigenvalue weighted by Gasteiger charge is 1.73. The van der Waals surface area contributed by atoms with Crippen LogP contribution in [0.1, 0.15) is 6.92 Å². The third-order valence-corrected chi connectivity index (χ3v) is 0.973. The van der Waals surface area contributed by atoms with Gasteiger partial charge in [-0.15, -0.1) is 5.92 Å². The van der Waals surface area contributed by atoms with Gasteiger partial charge in [0.05, 0.1) is 0 Å². The van der Waals surface area contributed by atoms with Crippen LogP contribution in [0.25, 0.3) is 0 Å². The predicted octanol–water partition coefficient (Wildman–Crippen LogP) is 1.42. The molecule has 0 aromatic rings. The number of halogens is 1. The lowest BCUT2D eigenvalue weighted by Crippen LogP contribution is -1.90. The Morgan fingerprint density at radius 2 is 2.00 bits per heavy atom. The Balaban J connectivity index is 3.04. The molecule has 0 bridgehead atoms. The number of hydrogen-bond donors (Lipinski definition) is 0. The first kappa shape index (κ1) is 8.81. The fraction of sp³-hybridized carbons (Fsp3) is 0.429. The molecule has 9 heavy (non-hydrogen) atoms. The average Bonchev–Trinajstić information content (AvgIpc) is 1.89. The van der Waals surface area contributed by atoms with Gasteiger partial charge in [-0.25, -0.2) is 0 Å². The van der Waals surface area contributed by atoms with Crippen LogP contribution in [0.3, 0.4) is 0 Å². The molecule has 0 N–H and O–H groups in total. The largest absolute Gasteiger partial charge is 0.356 e. The van der Waals surface area contributed by atoms with Gasteiger partial charge in [-0.2, -0.15) is 0 Å². The standard InChI is InChI=1S/C7H7IO/c1-2-3-6-9-7-4-5-8/h6-7H2,1H3. The monoisotopic (exact) mass is 234 g/mol. The third kappa shape index (κ3) is 7.81. The van der Waals surface area contributed by atoms with Crippen molar-refractivity contribution < 1.29 is 4.74 Å². The van der Waals surface area contributed by atoms with E-state index in [9.17, 15) is 0 Å². The van der Waals surface area contributed by atoms with Crippen LogP contribution >= 0.6 is 22.6 Å². The highest BCUT2D eigenvalue weighted by molar-refractivity contribution is 14.1. The van der Waals surface area contributed by atoms with Crippen molar-refractivity contribution in [2.24, 2.45) is 0 Å². The van der Waals surface area contributed by atoms with Gasteiger partial charge in [-0.05, 0) is 10.9 Å². The van der Waals surface area contributed by atoms with Crippen molar-refractivity contribution in [3.05, 3.63) is 0 Å². The second kappa shape index (κ2) is 7.81. The van der Waals surface area contributed by atoms with Crippen LogP contribution < -0.4 is 0 Å². The summed E-state index contributed by atoms with van der Waals surface area (Å²) >= 11 is 1.97. The molecule has 0 unspecified atom stereocenters. The zero-order chi connectivity index (χ0) is 6.95. The molecule has 0 aromatic heterocycles. The van der Waals surface area contributed by atoms with Crippen LogP contribution in [0.4, 0.5) is 0 Å². The first-order valence-corrected chi connectivity index (χ1v) is 3.55. The van der Waals surface area contributed by atoms with Gasteiger partial charge in [0, 0.05) is 22.6 Å². The Kier molecular flexibility index (Phi) is 7.65. The number of rotatable bonds is 2. The molecule has 0 amide bonds. The summed E-state index contributed by atoms with van der Waals surface area (Å²) in [6.07, 6.45) is 0. The zero-order valence-corrected chi connectivity index (χ0v) is 7.36. The molecule has 0 aliphatic heterocycles. The quantitative estimate of drug-likeness (QED) is 0.399. The molecule has 2 heteroatoms. The van der Waals surface area contributed by atoms with Gasteiger partial charge in [0.1, 0.15) is 13.2 Å². The molecule has 0 saturated carbocycles. The molecule has 0 rings (SSSR count). The van der Waals surface area contributed by atoms with Crippen molar-refractivity contribution in [2.45, 2.75) is 6.92 Å². The molecule has 48 valence electrons. The Hall–Kier alpha value is -0.190. The van der Waals surface area contributed by atoms with Crippen LogP contribution in [-0.2, 0) is 4.74 Å². The van der Waals surface area contributed by atoms with Crippen LogP contribution in [0.15, 0.2) is 0 Å². The number of hydrogen-bond acceptors (Lipinski definition) is 1. The van der Waals surface area contributed by atoms with Crippen molar-refractivity contribution >= 4 is 22.6 Å². The molecule has 0 aromatic carbocycles. The van der Waals surface area contributed by atoms with E-state index in [4.69, 9.17) is 4.74 Å². The van der Waals surface area contributed by atoms with Crippen LogP contribution in [0.5, 0.6) is 0 Å². The Labute approximate surface area is 69.3 Å². The van der Waals surface area contributed by atoms with E-state index in [2.05, 4.69) is 21.7 Å². The van der Waals surface area contributed by atoms with Crippen LogP contribution in [0.2, 0.25) is 0 Å². The first-order valence-electron chi connectivity index (χ1n) is 2.47. The van der Waals surface area contributed by atoms with E-state index >= 15 is 0 Å². The maximum atomic E-state index is 4.96. The summed E-state index contributed by atoms with van der Waals surface area (Å²) in [5.41, 5.74) is 0. The van der Waals surface area contributed by atoms with Crippen molar-refractivity contribution in [1.82, 2.24) is 0 Å². The minimum absolute atomic E-state index is 0.484. The summed E-state index contributed by atoms with van der Waals surface area (Å²) in [7, 11) is 0. The van der Waals surface area contributed by atoms with Crippen LogP contribution in [-0.4, -0.2) is 13.2 Å². The molecule has 0 atom stereocenters. The number of ether oxygens (including phenoxy) is 1. The van der Waals surface area contributed by atoms with E-state index in [-0.39, 0.29) is 0 Å². The second-order valence-electron chi connectivity index (χ2n) is 1.19. The van der Waals surface area contributed by atoms with E-state index in [1.165, 1.54) is 0 Å². The van der Waals surface area contributed by atoms with Gasteiger partial charge in [0.2, 0.25) is 0 Å². The van der Waals surface area contributed by atoms with Gasteiger partial charge in [-0.1, -0.05) is 11.8 Å². The molecule has 1 nitrogen and oxygen atoms in total. The molecule has 0 aliphatic rings. The highest BCUT2D eigenvalue weighted by Crippen LogP contribution is 1.73. The normalized spacial score (nSPS) is 6.44. The lowest BCUT2D eigenvalue weighted by atomic mass is 10.6. The molecule has 0 spiro atoms. The van der Waals surface area contributed by atoms with Crippen LogP contribution in [0, 0.1) is 21.7 Å². The lowest BCUT2D eigenvalue weighted by Gasteiger charge is -1.87. The average molecular weight is 234 g/mol. The first-order chi connectivity index (χ1) is 4.41. The van der Waals surface area contributed by atoms with E-state index < -0.39 is 0 Å². The van der Waals surface area contributed by atoms with Gasteiger partial charge in [0.15, 0.2) is 0 Å². The summed E-state index contributed by atoms with van der Waals surface area (Å²) < 4.78 is 7.65. The topological polar surface area (TPSA) is 9.23 Å². The summed E-state index contributed by atoms with van der Waals surface area (Å²) in [6, 6.07) is 0. The van der Waals surface area contributed by atoms with E-state index in [0.717, 1.165) is 0 Å². The van der Waals surface area contributed by atoms with E-state index in [0.29, 0.717) is 13.2 Å². The molecule has 0 saturated heterocycles. The van der Waals surface area contributed by atoms with Crippen molar-refractivity contribution in [3.63, 3.8) is 0 Å². The summed E-state index contributed by atoms with van der Waals surface area (Å²) in [6.45, 7) is 2.76. The molecule has 0 fully saturated rings. The minimum atomic E-state index is 0.484. The smallest absolute Gasteiger partial charge is 0.109 e. The third-order valence-electron chi connectivity index (χ3n) is 0.592. The van der Waals surface area contributed by atoms with Gasteiger partial charge >= 0.3 is 0 Å². The fourth-order valence-corrected chi connectivity index (χ4v) is 0.408. The Morgan fingerprint density at radius 1 is 1.33 bits per heavy atom. The Morgan fingerprint density at radius 3 is 2.56 bits per heavy atom. The molecule has 0 heterocycles. The summed E-state index contributed by atoms with van der Waals surface area (Å²) in [5.74, 6) is 8.24. The van der Waals surface area contributed by atoms with Crippen molar-refractivity contribution in [2.75, 3.05) is 13.2 Å². The predicted molar refractivity (Wildman–Crippen MR) is 46.1 cm³/mol. The van der Waals surface area contributed by atoms with E-state index in [1.54, 1.807) is 6.92 Å². The van der Waals surface area contributed by atoms with Gasteiger partial charge < -0.3 is 4.74 Å². The summed E-state index contributed by atoms with van der Waals surface area (Å²) in [5, 5.41) is 0. The maximum Gasteiger partial charge on any atom is 0.109 e. The van der Waals surface area contributed by atoms with Gasteiger partial charge in [-0.3, -0.25) is 0 Å². The fourth-order valence-electron chi connectivity index (χ4n) is 0.253. The zero-order valence-electron chi connectivity index (χ0n) is 5.20. The molecule has 0 radical (unpaired) electrons.